The maximum atomic E-state index is 13.3. The zero-order valence-corrected chi connectivity index (χ0v) is 10.3. The van der Waals surface area contributed by atoms with E-state index < -0.39 is 0 Å². The summed E-state index contributed by atoms with van der Waals surface area (Å²) in [5.74, 6) is -0.373. The molecule has 1 saturated heterocycles. The molecule has 0 radical (unpaired) electrons. The molecule has 0 aromatic heterocycles. The lowest BCUT2D eigenvalue weighted by Gasteiger charge is -2.35. The molecule has 1 heterocycles. The van der Waals surface area contributed by atoms with Gasteiger partial charge < -0.3 is 10.5 Å². The number of morpholine rings is 1. The van der Waals surface area contributed by atoms with Crippen LogP contribution in [0.1, 0.15) is 5.56 Å². The van der Waals surface area contributed by atoms with E-state index in [1.807, 2.05) is 6.07 Å². The van der Waals surface area contributed by atoms with Gasteiger partial charge in [0.15, 0.2) is 0 Å². The minimum Gasteiger partial charge on any atom is -0.378 e. The number of hydrogen-bond donors (Lipinski definition) is 1. The van der Waals surface area contributed by atoms with Crippen molar-refractivity contribution in [1.82, 2.24) is 4.90 Å². The topological polar surface area (TPSA) is 38.5 Å². The molecule has 1 aliphatic rings. The molecular formula is C12H16ClFN2O. The average molecular weight is 259 g/mol. The molecule has 0 aliphatic carbocycles. The van der Waals surface area contributed by atoms with Crippen LogP contribution in [0.5, 0.6) is 0 Å². The molecule has 0 bridgehead atoms. The summed E-state index contributed by atoms with van der Waals surface area (Å²) in [6.45, 7) is 3.26. The van der Waals surface area contributed by atoms with Crippen LogP contribution in [0.15, 0.2) is 18.2 Å². The van der Waals surface area contributed by atoms with Gasteiger partial charge in [0, 0.05) is 25.7 Å². The van der Waals surface area contributed by atoms with E-state index in [0.717, 1.165) is 12.1 Å². The Labute approximate surface area is 105 Å². The van der Waals surface area contributed by atoms with Crippen LogP contribution in [0, 0.1) is 5.82 Å². The third-order valence-electron chi connectivity index (χ3n) is 3.03. The normalized spacial score (nSPS) is 21.7. The van der Waals surface area contributed by atoms with Crippen molar-refractivity contribution in [3.05, 3.63) is 34.6 Å². The summed E-state index contributed by atoms with van der Waals surface area (Å²) < 4.78 is 18.7. The predicted molar refractivity (Wildman–Crippen MR) is 65.5 cm³/mol. The van der Waals surface area contributed by atoms with Gasteiger partial charge in [0.25, 0.3) is 0 Å². The lowest BCUT2D eigenvalue weighted by Crippen LogP contribution is -2.48. The van der Waals surface area contributed by atoms with E-state index in [1.165, 1.54) is 6.07 Å². The molecule has 0 spiro atoms. The summed E-state index contributed by atoms with van der Waals surface area (Å²) in [5.41, 5.74) is 6.48. The molecule has 1 aromatic carbocycles. The molecule has 2 N–H and O–H groups in total. The van der Waals surface area contributed by atoms with Crippen LogP contribution < -0.4 is 5.73 Å². The highest BCUT2D eigenvalue weighted by Gasteiger charge is 2.22. The van der Waals surface area contributed by atoms with Crippen molar-refractivity contribution in [2.45, 2.75) is 12.6 Å². The predicted octanol–water partition coefficient (Wildman–Crippen LogP) is 1.64. The molecule has 0 amide bonds. The van der Waals surface area contributed by atoms with E-state index in [1.54, 1.807) is 6.07 Å². The first-order valence-corrected chi connectivity index (χ1v) is 6.05. The minimum atomic E-state index is -0.373. The smallest absolute Gasteiger partial charge is 0.142 e. The van der Waals surface area contributed by atoms with Crippen molar-refractivity contribution < 1.29 is 9.13 Å². The van der Waals surface area contributed by atoms with E-state index in [-0.39, 0.29) is 16.9 Å². The van der Waals surface area contributed by atoms with E-state index >= 15 is 0 Å². The van der Waals surface area contributed by atoms with Gasteiger partial charge in [-0.3, -0.25) is 4.90 Å². The Morgan fingerprint density at radius 2 is 2.35 bits per heavy atom. The highest BCUT2D eigenvalue weighted by molar-refractivity contribution is 6.31. The summed E-state index contributed by atoms with van der Waals surface area (Å²) >= 11 is 5.94. The molecule has 3 nitrogen and oxygen atoms in total. The lowest BCUT2D eigenvalue weighted by atomic mass is 10.1. The average Bonchev–Trinajstić information content (AvgIpc) is 2.35. The number of nitrogens with zero attached hydrogens (tertiary/aromatic N) is 1. The van der Waals surface area contributed by atoms with Gasteiger partial charge in [-0.1, -0.05) is 23.7 Å². The maximum Gasteiger partial charge on any atom is 0.142 e. The van der Waals surface area contributed by atoms with Crippen molar-refractivity contribution in [2.24, 2.45) is 5.73 Å². The fourth-order valence-corrected chi connectivity index (χ4v) is 2.19. The molecule has 94 valence electrons. The molecule has 1 unspecified atom stereocenters. The Hall–Kier alpha value is -0.680. The van der Waals surface area contributed by atoms with Gasteiger partial charge in [0.1, 0.15) is 5.82 Å². The Morgan fingerprint density at radius 1 is 1.53 bits per heavy atom. The molecular weight excluding hydrogens is 243 g/mol. The molecule has 2 rings (SSSR count). The van der Waals surface area contributed by atoms with Gasteiger partial charge in [0.2, 0.25) is 0 Å². The number of benzene rings is 1. The number of hydrogen-bond acceptors (Lipinski definition) is 3. The van der Waals surface area contributed by atoms with Crippen molar-refractivity contribution >= 4 is 11.6 Å². The summed E-state index contributed by atoms with van der Waals surface area (Å²) in [5, 5.41) is 0.203. The molecule has 0 saturated carbocycles. The fraction of sp³-hybridized carbons (Fsp3) is 0.500. The summed E-state index contributed by atoms with van der Waals surface area (Å²) in [6, 6.07) is 5.07. The monoisotopic (exact) mass is 258 g/mol. The van der Waals surface area contributed by atoms with Crippen molar-refractivity contribution in [1.29, 1.82) is 0 Å². The number of halogens is 2. The largest absolute Gasteiger partial charge is 0.378 e. The first-order valence-electron chi connectivity index (χ1n) is 5.67. The van der Waals surface area contributed by atoms with Gasteiger partial charge >= 0.3 is 0 Å². The van der Waals surface area contributed by atoms with E-state index in [2.05, 4.69) is 4.90 Å². The Morgan fingerprint density at radius 3 is 3.12 bits per heavy atom. The van der Waals surface area contributed by atoms with Crippen molar-refractivity contribution in [3.8, 4) is 0 Å². The third-order valence-corrected chi connectivity index (χ3v) is 3.45. The second-order valence-corrected chi connectivity index (χ2v) is 4.53. The van der Waals surface area contributed by atoms with E-state index in [0.29, 0.717) is 26.3 Å². The van der Waals surface area contributed by atoms with Gasteiger partial charge in [-0.25, -0.2) is 4.39 Å². The molecule has 17 heavy (non-hydrogen) atoms. The van der Waals surface area contributed by atoms with E-state index in [4.69, 9.17) is 22.1 Å². The summed E-state index contributed by atoms with van der Waals surface area (Å²) in [6.07, 6.45) is 0. The van der Waals surface area contributed by atoms with Gasteiger partial charge in [-0.05, 0) is 11.6 Å². The zero-order chi connectivity index (χ0) is 12.3. The molecule has 1 aromatic rings. The molecule has 5 heteroatoms. The van der Waals surface area contributed by atoms with Crippen LogP contribution >= 0.6 is 11.6 Å². The van der Waals surface area contributed by atoms with Crippen molar-refractivity contribution in [2.75, 3.05) is 26.3 Å². The number of rotatable bonds is 3. The standard InChI is InChI=1S/C12H16ClFN2O/c13-12-9(2-1-3-11(12)14)7-16-4-5-17-8-10(16)6-15/h1-3,10H,4-8,15H2. The Balaban J connectivity index is 2.11. The zero-order valence-electron chi connectivity index (χ0n) is 9.53. The second-order valence-electron chi connectivity index (χ2n) is 4.15. The summed E-state index contributed by atoms with van der Waals surface area (Å²) in [4.78, 5) is 2.18. The first kappa shape index (κ1) is 12.8. The van der Waals surface area contributed by atoms with Crippen molar-refractivity contribution in [3.63, 3.8) is 0 Å². The fourth-order valence-electron chi connectivity index (χ4n) is 2.00. The van der Waals surface area contributed by atoms with Crippen LogP contribution in [0.25, 0.3) is 0 Å². The second kappa shape index (κ2) is 5.78. The van der Waals surface area contributed by atoms with E-state index in [9.17, 15) is 4.39 Å². The van der Waals surface area contributed by atoms with Gasteiger partial charge in [0.05, 0.1) is 18.2 Å². The Kier molecular flexibility index (Phi) is 4.34. The maximum absolute atomic E-state index is 13.3. The molecule has 1 aliphatic heterocycles. The highest BCUT2D eigenvalue weighted by Crippen LogP contribution is 2.22. The quantitative estimate of drug-likeness (QED) is 0.896. The third kappa shape index (κ3) is 2.96. The Bertz CT molecular complexity index is 389. The lowest BCUT2D eigenvalue weighted by molar-refractivity contribution is -0.00794. The van der Waals surface area contributed by atoms with Gasteiger partial charge in [-0.15, -0.1) is 0 Å². The van der Waals surface area contributed by atoms with Crippen LogP contribution in [0.2, 0.25) is 5.02 Å². The molecule has 1 fully saturated rings. The first-order chi connectivity index (χ1) is 8.22. The minimum absolute atomic E-state index is 0.183. The number of nitrogens with two attached hydrogens (primary N) is 1. The van der Waals surface area contributed by atoms with Gasteiger partial charge in [-0.2, -0.15) is 0 Å². The number of ether oxygens (including phenoxy) is 1. The SMILES string of the molecule is NCC1COCCN1Cc1cccc(F)c1Cl. The molecule has 1 atom stereocenters. The van der Waals surface area contributed by atoms with Crippen LogP contribution in [-0.2, 0) is 11.3 Å². The summed E-state index contributed by atoms with van der Waals surface area (Å²) in [7, 11) is 0. The van der Waals surface area contributed by atoms with Crippen LogP contribution in [-0.4, -0.2) is 37.2 Å². The highest BCUT2D eigenvalue weighted by atomic mass is 35.5. The van der Waals surface area contributed by atoms with Crippen LogP contribution in [0.3, 0.4) is 0 Å². The van der Waals surface area contributed by atoms with Crippen LogP contribution in [0.4, 0.5) is 4.39 Å².